The third-order valence-corrected chi connectivity index (χ3v) is 5.81. The highest BCUT2D eigenvalue weighted by Crippen LogP contribution is 2.29. The molecular formula is C25H24F3N5O2. The second kappa shape index (κ2) is 10.0. The monoisotopic (exact) mass is 483 g/mol. The topological polar surface area (TPSA) is 91.6 Å². The zero-order chi connectivity index (χ0) is 25.0. The van der Waals surface area contributed by atoms with Crippen molar-refractivity contribution >= 4 is 29.0 Å². The number of anilines is 3. The summed E-state index contributed by atoms with van der Waals surface area (Å²) in [6.07, 6.45) is -3.41. The number of nitrogens with two attached hydrogens (primary N) is 1. The van der Waals surface area contributed by atoms with Gasteiger partial charge in [-0.15, -0.1) is 0 Å². The highest BCUT2D eigenvalue weighted by atomic mass is 19.4. The first-order valence-corrected chi connectivity index (χ1v) is 11.0. The van der Waals surface area contributed by atoms with Crippen LogP contribution in [-0.4, -0.2) is 47.9 Å². The van der Waals surface area contributed by atoms with Crippen LogP contribution < -0.4 is 16.0 Å². The minimum Gasteiger partial charge on any atom is -0.397 e. The van der Waals surface area contributed by atoms with Crippen LogP contribution in [0.15, 0.2) is 66.9 Å². The maximum Gasteiger partial charge on any atom is 0.417 e. The molecule has 0 aliphatic carbocycles. The van der Waals surface area contributed by atoms with Crippen molar-refractivity contribution in [3.63, 3.8) is 0 Å². The van der Waals surface area contributed by atoms with Gasteiger partial charge in [-0.3, -0.25) is 9.59 Å². The van der Waals surface area contributed by atoms with Crippen LogP contribution in [-0.2, 0) is 17.4 Å². The summed E-state index contributed by atoms with van der Waals surface area (Å²) in [6.45, 7) is 1.85. The normalized spacial score (nSPS) is 14.0. The molecule has 1 saturated heterocycles. The van der Waals surface area contributed by atoms with E-state index in [9.17, 15) is 22.8 Å². The van der Waals surface area contributed by atoms with Crippen molar-refractivity contribution in [1.82, 2.24) is 9.88 Å². The number of para-hydroxylation sites is 2. The van der Waals surface area contributed by atoms with Gasteiger partial charge < -0.3 is 20.9 Å². The van der Waals surface area contributed by atoms with Gasteiger partial charge in [-0.1, -0.05) is 24.3 Å². The molecule has 3 aromatic rings. The van der Waals surface area contributed by atoms with Crippen molar-refractivity contribution in [1.29, 1.82) is 0 Å². The number of carbonyl (C=O) groups excluding carboxylic acids is 2. The molecule has 7 nitrogen and oxygen atoms in total. The fourth-order valence-electron chi connectivity index (χ4n) is 3.79. The van der Waals surface area contributed by atoms with Crippen LogP contribution in [0.5, 0.6) is 0 Å². The minimum absolute atomic E-state index is 0.0562. The Morgan fingerprint density at radius 2 is 1.63 bits per heavy atom. The van der Waals surface area contributed by atoms with Crippen molar-refractivity contribution in [3.8, 4) is 0 Å². The van der Waals surface area contributed by atoms with Gasteiger partial charge in [-0.05, 0) is 42.0 Å². The number of pyridine rings is 1. The van der Waals surface area contributed by atoms with Crippen LogP contribution in [0, 0.1) is 0 Å². The van der Waals surface area contributed by atoms with E-state index in [1.807, 2.05) is 4.90 Å². The lowest BCUT2D eigenvalue weighted by atomic mass is 10.1. The molecule has 2 heterocycles. The molecule has 10 heteroatoms. The molecule has 0 bridgehead atoms. The Kier molecular flexibility index (Phi) is 6.90. The standard InChI is InChI=1S/C25H24F3N5O2/c26-25(27,28)19-9-10-22(30-16-19)32-11-13-33(14-12-32)23(34)15-17-5-7-18(8-6-17)24(35)31-21-4-2-1-3-20(21)29/h1-10,16H,11-15,29H2,(H,31,35). The molecule has 0 saturated carbocycles. The van der Waals surface area contributed by atoms with E-state index in [1.165, 1.54) is 6.07 Å². The Bertz CT molecular complexity index is 1190. The SMILES string of the molecule is Nc1ccccc1NC(=O)c1ccc(CC(=O)N2CCN(c3ccc(C(F)(F)F)cn3)CC2)cc1. The fourth-order valence-corrected chi connectivity index (χ4v) is 3.79. The second-order valence-corrected chi connectivity index (χ2v) is 8.19. The average Bonchev–Trinajstić information content (AvgIpc) is 2.85. The number of hydrogen-bond acceptors (Lipinski definition) is 5. The van der Waals surface area contributed by atoms with Crippen LogP contribution in [0.2, 0.25) is 0 Å². The molecule has 35 heavy (non-hydrogen) atoms. The van der Waals surface area contributed by atoms with Crippen LogP contribution in [0.4, 0.5) is 30.4 Å². The Hall–Kier alpha value is -4.08. The summed E-state index contributed by atoms with van der Waals surface area (Å²) < 4.78 is 38.2. The predicted molar refractivity (Wildman–Crippen MR) is 127 cm³/mol. The number of nitrogens with zero attached hydrogens (tertiary/aromatic N) is 3. The minimum atomic E-state index is -4.42. The van der Waals surface area contributed by atoms with Gasteiger partial charge in [0.25, 0.3) is 5.91 Å². The van der Waals surface area contributed by atoms with Gasteiger partial charge >= 0.3 is 6.18 Å². The lowest BCUT2D eigenvalue weighted by Gasteiger charge is -2.35. The highest BCUT2D eigenvalue weighted by Gasteiger charge is 2.31. The number of halogens is 3. The molecule has 0 atom stereocenters. The number of rotatable bonds is 5. The summed E-state index contributed by atoms with van der Waals surface area (Å²) in [5.74, 6) is 0.101. The number of hydrogen-bond donors (Lipinski definition) is 2. The number of amides is 2. The van der Waals surface area contributed by atoms with Crippen molar-refractivity contribution in [2.45, 2.75) is 12.6 Å². The molecule has 2 aromatic carbocycles. The molecule has 1 fully saturated rings. The molecule has 0 unspecified atom stereocenters. The van der Waals surface area contributed by atoms with Crippen LogP contribution in [0.25, 0.3) is 0 Å². The Morgan fingerprint density at radius 3 is 2.23 bits per heavy atom. The number of nitrogen functional groups attached to an aromatic ring is 1. The Morgan fingerprint density at radius 1 is 0.943 bits per heavy atom. The van der Waals surface area contributed by atoms with Crippen LogP contribution >= 0.6 is 0 Å². The zero-order valence-corrected chi connectivity index (χ0v) is 18.8. The summed E-state index contributed by atoms with van der Waals surface area (Å²) in [5, 5.41) is 2.76. The summed E-state index contributed by atoms with van der Waals surface area (Å²) in [6, 6.07) is 16.1. The predicted octanol–water partition coefficient (Wildman–Crippen LogP) is 3.83. The summed E-state index contributed by atoms with van der Waals surface area (Å²) in [4.78, 5) is 32.7. The molecule has 2 amide bonds. The van der Waals surface area contributed by atoms with Crippen molar-refractivity contribution < 1.29 is 22.8 Å². The van der Waals surface area contributed by atoms with E-state index in [0.717, 1.165) is 17.8 Å². The fraction of sp³-hybridized carbons (Fsp3) is 0.240. The molecule has 4 rings (SSSR count). The first kappa shape index (κ1) is 24.1. The molecule has 1 aliphatic heterocycles. The Labute approximate surface area is 200 Å². The second-order valence-electron chi connectivity index (χ2n) is 8.19. The molecule has 1 aromatic heterocycles. The lowest BCUT2D eigenvalue weighted by molar-refractivity contribution is -0.137. The van der Waals surface area contributed by atoms with E-state index in [0.29, 0.717) is 48.9 Å². The number of aromatic nitrogens is 1. The van der Waals surface area contributed by atoms with Gasteiger partial charge in [-0.2, -0.15) is 13.2 Å². The summed E-state index contributed by atoms with van der Waals surface area (Å²) in [7, 11) is 0. The molecule has 0 spiro atoms. The van der Waals surface area contributed by atoms with E-state index < -0.39 is 11.7 Å². The van der Waals surface area contributed by atoms with Gasteiger partial charge in [0.1, 0.15) is 5.82 Å². The van der Waals surface area contributed by atoms with Crippen molar-refractivity contribution in [2.75, 3.05) is 42.1 Å². The molecule has 0 radical (unpaired) electrons. The third-order valence-electron chi connectivity index (χ3n) is 5.81. The van der Waals surface area contributed by atoms with E-state index in [4.69, 9.17) is 5.73 Å². The van der Waals surface area contributed by atoms with Gasteiger partial charge in [-0.25, -0.2) is 4.98 Å². The van der Waals surface area contributed by atoms with Crippen molar-refractivity contribution in [3.05, 3.63) is 83.6 Å². The van der Waals surface area contributed by atoms with Gasteiger partial charge in [0.2, 0.25) is 5.91 Å². The third kappa shape index (κ3) is 5.89. The number of piperazine rings is 1. The molecule has 3 N–H and O–H groups in total. The Balaban J connectivity index is 1.29. The van der Waals surface area contributed by atoms with E-state index in [2.05, 4.69) is 10.3 Å². The maximum atomic E-state index is 12.7. The molecule has 1 aliphatic rings. The molecular weight excluding hydrogens is 459 g/mol. The van der Waals surface area contributed by atoms with E-state index in [-0.39, 0.29) is 18.2 Å². The van der Waals surface area contributed by atoms with E-state index in [1.54, 1.807) is 53.4 Å². The lowest BCUT2D eigenvalue weighted by Crippen LogP contribution is -2.49. The zero-order valence-electron chi connectivity index (χ0n) is 18.8. The van der Waals surface area contributed by atoms with Crippen LogP contribution in [0.3, 0.4) is 0 Å². The number of benzene rings is 2. The molecule has 182 valence electrons. The largest absolute Gasteiger partial charge is 0.417 e. The van der Waals surface area contributed by atoms with Crippen molar-refractivity contribution in [2.24, 2.45) is 0 Å². The van der Waals surface area contributed by atoms with Gasteiger partial charge in [0, 0.05) is 37.9 Å². The number of alkyl halides is 3. The van der Waals surface area contributed by atoms with Gasteiger partial charge in [0.15, 0.2) is 0 Å². The smallest absolute Gasteiger partial charge is 0.397 e. The van der Waals surface area contributed by atoms with Crippen LogP contribution in [0.1, 0.15) is 21.5 Å². The average molecular weight is 483 g/mol. The van der Waals surface area contributed by atoms with Gasteiger partial charge in [0.05, 0.1) is 23.4 Å². The number of carbonyl (C=O) groups is 2. The summed E-state index contributed by atoms with van der Waals surface area (Å²) in [5.41, 5.74) is 7.29. The maximum absolute atomic E-state index is 12.7. The van der Waals surface area contributed by atoms with E-state index >= 15 is 0 Å². The quantitative estimate of drug-likeness (QED) is 0.539. The number of nitrogens with one attached hydrogen (secondary N) is 1. The first-order chi connectivity index (χ1) is 16.7. The highest BCUT2D eigenvalue weighted by molar-refractivity contribution is 6.05. The first-order valence-electron chi connectivity index (χ1n) is 11.0. The summed E-state index contributed by atoms with van der Waals surface area (Å²) >= 11 is 0.